The van der Waals surface area contributed by atoms with E-state index >= 15 is 0 Å². The maximum Gasteiger partial charge on any atom is -0.0337 e. The van der Waals surface area contributed by atoms with E-state index in [1.165, 1.54) is 6.42 Å². The predicted octanol–water partition coefficient (Wildman–Crippen LogP) is 4.74. The molecule has 0 nitrogen and oxygen atoms in total. The molecule has 0 spiro atoms. The third kappa shape index (κ3) is 3.70. The van der Waals surface area contributed by atoms with E-state index < -0.39 is 0 Å². The molecule has 0 aromatic heterocycles. The van der Waals surface area contributed by atoms with Crippen molar-refractivity contribution in [2.45, 2.75) is 61.8 Å². The highest BCUT2D eigenvalue weighted by atomic mass is 14.4. The van der Waals surface area contributed by atoms with Crippen molar-refractivity contribution in [3.63, 3.8) is 0 Å². The van der Waals surface area contributed by atoms with Gasteiger partial charge in [0.1, 0.15) is 0 Å². The summed E-state index contributed by atoms with van der Waals surface area (Å²) < 4.78 is 0. The number of rotatable bonds is 2. The van der Waals surface area contributed by atoms with Gasteiger partial charge in [0.05, 0.1) is 0 Å². The van der Waals surface area contributed by atoms with E-state index in [9.17, 15) is 0 Å². The summed E-state index contributed by atoms with van der Waals surface area (Å²) in [6.45, 7) is 18.9. The summed E-state index contributed by atoms with van der Waals surface area (Å²) in [6.07, 6.45) is 1.29. The molecule has 0 heteroatoms. The Morgan fingerprint density at radius 3 is 1.31 bits per heavy atom. The second kappa shape index (κ2) is 4.02. The minimum atomic E-state index is 0.438. The van der Waals surface area contributed by atoms with Crippen molar-refractivity contribution in [3.8, 4) is 0 Å². The van der Waals surface area contributed by atoms with Gasteiger partial charge in [-0.2, -0.15) is 0 Å². The van der Waals surface area contributed by atoms with Crippen LogP contribution in [-0.2, 0) is 0 Å². The zero-order valence-corrected chi connectivity index (χ0v) is 10.9. The van der Waals surface area contributed by atoms with Crippen LogP contribution in [0.15, 0.2) is 0 Å². The van der Waals surface area contributed by atoms with E-state index in [1.54, 1.807) is 0 Å². The maximum absolute atomic E-state index is 2.40. The molecule has 0 saturated carbocycles. The molecule has 0 rings (SSSR count). The summed E-state index contributed by atoms with van der Waals surface area (Å²) in [6, 6.07) is 0. The molecule has 0 aliphatic carbocycles. The minimum Gasteiger partial charge on any atom is -0.0651 e. The molecule has 0 N–H and O–H groups in total. The molecule has 2 atom stereocenters. The van der Waals surface area contributed by atoms with Crippen LogP contribution in [0.3, 0.4) is 0 Å². The van der Waals surface area contributed by atoms with Crippen molar-refractivity contribution in [1.82, 2.24) is 0 Å². The van der Waals surface area contributed by atoms with E-state index in [4.69, 9.17) is 0 Å². The quantitative estimate of drug-likeness (QED) is 0.581. The molecule has 0 radical (unpaired) electrons. The third-order valence-electron chi connectivity index (χ3n) is 3.52. The fourth-order valence-electron chi connectivity index (χ4n) is 2.32. The van der Waals surface area contributed by atoms with Crippen LogP contribution in [0.4, 0.5) is 0 Å². The van der Waals surface area contributed by atoms with Crippen LogP contribution in [0.5, 0.6) is 0 Å². The lowest BCUT2D eigenvalue weighted by molar-refractivity contribution is 0.0814. The van der Waals surface area contributed by atoms with Crippen LogP contribution in [0.2, 0.25) is 0 Å². The summed E-state index contributed by atoms with van der Waals surface area (Å²) in [4.78, 5) is 0. The molecule has 0 heterocycles. The average molecular weight is 184 g/mol. The second-order valence-electron chi connectivity index (χ2n) is 6.54. The predicted molar refractivity (Wildman–Crippen MR) is 61.9 cm³/mol. The molecule has 0 saturated heterocycles. The highest BCUT2D eigenvalue weighted by Crippen LogP contribution is 2.42. The first-order valence-corrected chi connectivity index (χ1v) is 5.60. The molecule has 0 amide bonds. The smallest absolute Gasteiger partial charge is 0.0337 e. The van der Waals surface area contributed by atoms with Crippen LogP contribution < -0.4 is 0 Å². The van der Waals surface area contributed by atoms with Crippen molar-refractivity contribution in [3.05, 3.63) is 0 Å². The highest BCUT2D eigenvalue weighted by Gasteiger charge is 2.34. The number of hydrogen-bond donors (Lipinski definition) is 0. The Hall–Kier alpha value is 0. The molecule has 0 aromatic carbocycles. The number of hydrogen-bond acceptors (Lipinski definition) is 0. The van der Waals surface area contributed by atoms with E-state index in [0.717, 1.165) is 11.8 Å². The Morgan fingerprint density at radius 1 is 0.846 bits per heavy atom. The third-order valence-corrected chi connectivity index (χ3v) is 3.52. The second-order valence-corrected chi connectivity index (χ2v) is 6.54. The minimum absolute atomic E-state index is 0.438. The van der Waals surface area contributed by atoms with E-state index in [0.29, 0.717) is 10.8 Å². The fraction of sp³-hybridized carbons (Fsp3) is 1.00. The summed E-state index contributed by atoms with van der Waals surface area (Å²) >= 11 is 0. The Labute approximate surface area is 85.1 Å². The maximum atomic E-state index is 2.40. The molecule has 0 aromatic rings. The summed E-state index contributed by atoms with van der Waals surface area (Å²) in [5.41, 5.74) is 0.884. The van der Waals surface area contributed by atoms with Gasteiger partial charge in [-0.25, -0.2) is 0 Å². The summed E-state index contributed by atoms with van der Waals surface area (Å²) in [5.74, 6) is 1.62. The van der Waals surface area contributed by atoms with Crippen molar-refractivity contribution >= 4 is 0 Å². The normalized spacial score (nSPS) is 18.5. The van der Waals surface area contributed by atoms with Gasteiger partial charge in [-0.1, -0.05) is 61.8 Å². The topological polar surface area (TPSA) is 0 Å². The highest BCUT2D eigenvalue weighted by molar-refractivity contribution is 4.83. The Kier molecular flexibility index (Phi) is 4.02. The fourth-order valence-corrected chi connectivity index (χ4v) is 2.32. The van der Waals surface area contributed by atoms with Gasteiger partial charge < -0.3 is 0 Å². The molecule has 80 valence electrons. The van der Waals surface area contributed by atoms with Crippen LogP contribution >= 0.6 is 0 Å². The average Bonchev–Trinajstić information content (AvgIpc) is 1.83. The van der Waals surface area contributed by atoms with Crippen LogP contribution in [0.1, 0.15) is 61.8 Å². The molecule has 1 unspecified atom stereocenters. The first kappa shape index (κ1) is 13.0. The van der Waals surface area contributed by atoms with Gasteiger partial charge in [-0.3, -0.25) is 0 Å². The summed E-state index contributed by atoms with van der Waals surface area (Å²) in [5, 5.41) is 0. The molecular weight excluding hydrogens is 156 g/mol. The summed E-state index contributed by atoms with van der Waals surface area (Å²) in [7, 11) is 0. The molecule has 0 fully saturated rings. The monoisotopic (exact) mass is 184 g/mol. The molecular formula is C13H28. The zero-order chi connectivity index (χ0) is 10.9. The van der Waals surface area contributed by atoms with Gasteiger partial charge in [0.15, 0.2) is 0 Å². The van der Waals surface area contributed by atoms with Gasteiger partial charge >= 0.3 is 0 Å². The lowest BCUT2D eigenvalue weighted by atomic mass is 9.64. The van der Waals surface area contributed by atoms with Crippen molar-refractivity contribution in [2.24, 2.45) is 22.7 Å². The van der Waals surface area contributed by atoms with Crippen LogP contribution in [0, 0.1) is 22.7 Å². The van der Waals surface area contributed by atoms with Gasteiger partial charge in [0.25, 0.3) is 0 Å². The van der Waals surface area contributed by atoms with Gasteiger partial charge in [0.2, 0.25) is 0 Å². The first-order chi connectivity index (χ1) is 5.60. The van der Waals surface area contributed by atoms with E-state index in [2.05, 4.69) is 55.4 Å². The zero-order valence-electron chi connectivity index (χ0n) is 10.9. The molecule has 0 aliphatic heterocycles. The molecule has 13 heavy (non-hydrogen) atoms. The van der Waals surface area contributed by atoms with E-state index in [-0.39, 0.29) is 0 Å². The molecule has 0 bridgehead atoms. The largest absolute Gasteiger partial charge is 0.0651 e. The van der Waals surface area contributed by atoms with Gasteiger partial charge in [-0.05, 0) is 22.7 Å². The SMILES string of the molecule is CC[C@H](C(C)C(C)(C)C)C(C)(C)C. The Balaban J connectivity index is 4.61. The van der Waals surface area contributed by atoms with Gasteiger partial charge in [0, 0.05) is 0 Å². The first-order valence-electron chi connectivity index (χ1n) is 5.60. The van der Waals surface area contributed by atoms with Crippen molar-refractivity contribution in [1.29, 1.82) is 0 Å². The van der Waals surface area contributed by atoms with E-state index in [1.807, 2.05) is 0 Å². The van der Waals surface area contributed by atoms with Crippen molar-refractivity contribution < 1.29 is 0 Å². The van der Waals surface area contributed by atoms with Crippen molar-refractivity contribution in [2.75, 3.05) is 0 Å². The molecule has 0 aliphatic rings. The standard InChI is InChI=1S/C13H28/c1-9-11(13(6,7)8)10(2)12(3,4)5/h10-11H,9H2,1-8H3/t10?,11-/m1/s1. The van der Waals surface area contributed by atoms with Gasteiger partial charge in [-0.15, -0.1) is 0 Å². The Morgan fingerprint density at radius 2 is 1.23 bits per heavy atom. The Bertz CT molecular complexity index is 142. The van der Waals surface area contributed by atoms with Crippen LogP contribution in [0.25, 0.3) is 0 Å². The lowest BCUT2D eigenvalue weighted by Crippen LogP contribution is -2.33. The van der Waals surface area contributed by atoms with Crippen LogP contribution in [-0.4, -0.2) is 0 Å². The lowest BCUT2D eigenvalue weighted by Gasteiger charge is -2.41.